The standard InChI is InChI=1S/C30H31N3O/c1-3-32(4-2)30(34)23-15-26-25-13-8-14-27-29(25)22(17-31-27)16-28(26)33(19-23)18-21-11-7-10-20-9-5-6-12-24(20)21/h5-15,17,23,28,31H,3-4,16,18-19H2,1-2H3/t23-,28-/m1/s1. The summed E-state index contributed by atoms with van der Waals surface area (Å²) in [6.45, 7) is 7.23. The summed E-state index contributed by atoms with van der Waals surface area (Å²) >= 11 is 0. The van der Waals surface area contributed by atoms with Gasteiger partial charge in [0.15, 0.2) is 0 Å². The van der Waals surface area contributed by atoms with Gasteiger partial charge in [-0.3, -0.25) is 9.69 Å². The van der Waals surface area contributed by atoms with Crippen LogP contribution in [-0.2, 0) is 17.8 Å². The second-order valence-corrected chi connectivity index (χ2v) is 9.57. The van der Waals surface area contributed by atoms with Gasteiger partial charge in [-0.25, -0.2) is 0 Å². The number of hydrogen-bond donors (Lipinski definition) is 1. The van der Waals surface area contributed by atoms with Crippen molar-refractivity contribution in [3.8, 4) is 0 Å². The lowest BCUT2D eigenvalue weighted by molar-refractivity contribution is -0.134. The minimum Gasteiger partial charge on any atom is -0.361 e. The molecule has 3 aromatic carbocycles. The van der Waals surface area contributed by atoms with Crippen molar-refractivity contribution in [2.75, 3.05) is 19.6 Å². The molecule has 1 aliphatic heterocycles. The zero-order chi connectivity index (χ0) is 23.2. The van der Waals surface area contributed by atoms with Gasteiger partial charge in [0.1, 0.15) is 0 Å². The average molecular weight is 450 g/mol. The van der Waals surface area contributed by atoms with Gasteiger partial charge in [0.05, 0.1) is 5.92 Å². The Morgan fingerprint density at radius 2 is 1.82 bits per heavy atom. The molecule has 2 atom stereocenters. The van der Waals surface area contributed by atoms with Gasteiger partial charge >= 0.3 is 0 Å². The highest BCUT2D eigenvalue weighted by molar-refractivity contribution is 5.99. The smallest absolute Gasteiger partial charge is 0.230 e. The topological polar surface area (TPSA) is 39.3 Å². The molecule has 1 N–H and O–H groups in total. The summed E-state index contributed by atoms with van der Waals surface area (Å²) in [7, 11) is 0. The minimum absolute atomic E-state index is 0.128. The molecule has 34 heavy (non-hydrogen) atoms. The number of carbonyl (C=O) groups excluding carboxylic acids is 1. The zero-order valence-corrected chi connectivity index (χ0v) is 19.9. The van der Waals surface area contributed by atoms with E-state index in [1.807, 2.05) is 4.90 Å². The number of carbonyl (C=O) groups is 1. The molecule has 1 amide bonds. The highest BCUT2D eigenvalue weighted by atomic mass is 16.2. The third-order valence-corrected chi connectivity index (χ3v) is 7.77. The maximum atomic E-state index is 13.5. The summed E-state index contributed by atoms with van der Waals surface area (Å²) < 4.78 is 0. The van der Waals surface area contributed by atoms with Gasteiger partial charge in [-0.05, 0) is 59.4 Å². The summed E-state index contributed by atoms with van der Waals surface area (Å²) in [6.07, 6.45) is 5.43. The van der Waals surface area contributed by atoms with Gasteiger partial charge in [0.2, 0.25) is 5.91 Å². The Bertz CT molecular complexity index is 1410. The number of nitrogens with one attached hydrogen (secondary N) is 1. The SMILES string of the molecule is CCN(CC)C(=O)[C@@H]1C=C2c3cccc4[nH]cc(c34)C[C@H]2N(Cc2cccc3ccccc23)C1. The third kappa shape index (κ3) is 3.36. The van der Waals surface area contributed by atoms with Crippen LogP contribution in [0.5, 0.6) is 0 Å². The molecule has 0 saturated carbocycles. The molecule has 0 saturated heterocycles. The lowest BCUT2D eigenvalue weighted by Gasteiger charge is -2.42. The van der Waals surface area contributed by atoms with Crippen molar-refractivity contribution in [2.45, 2.75) is 32.9 Å². The van der Waals surface area contributed by atoms with Crippen LogP contribution in [0.1, 0.15) is 30.5 Å². The molecule has 4 nitrogen and oxygen atoms in total. The third-order valence-electron chi connectivity index (χ3n) is 7.77. The van der Waals surface area contributed by atoms with Crippen LogP contribution in [0.3, 0.4) is 0 Å². The van der Waals surface area contributed by atoms with E-state index >= 15 is 0 Å². The molecule has 172 valence electrons. The second-order valence-electron chi connectivity index (χ2n) is 9.57. The minimum atomic E-state index is -0.128. The van der Waals surface area contributed by atoms with Crippen LogP contribution in [0.15, 0.2) is 72.9 Å². The first-order valence-corrected chi connectivity index (χ1v) is 12.5. The Hall–Kier alpha value is -3.37. The van der Waals surface area contributed by atoms with Gasteiger partial charge < -0.3 is 9.88 Å². The van der Waals surface area contributed by atoms with E-state index in [-0.39, 0.29) is 17.9 Å². The van der Waals surface area contributed by atoms with Gasteiger partial charge in [-0.1, -0.05) is 60.7 Å². The van der Waals surface area contributed by atoms with Crippen LogP contribution >= 0.6 is 0 Å². The Kier molecular flexibility index (Phi) is 5.26. The molecule has 1 aliphatic carbocycles. The van der Waals surface area contributed by atoms with Crippen molar-refractivity contribution in [2.24, 2.45) is 5.92 Å². The monoisotopic (exact) mass is 449 g/mol. The lowest BCUT2D eigenvalue weighted by Crippen LogP contribution is -2.49. The van der Waals surface area contributed by atoms with E-state index in [4.69, 9.17) is 0 Å². The molecule has 2 aliphatic rings. The normalized spacial score (nSPS) is 19.8. The predicted octanol–water partition coefficient (Wildman–Crippen LogP) is 5.63. The van der Waals surface area contributed by atoms with Gasteiger partial charge in [-0.2, -0.15) is 0 Å². The molecule has 0 radical (unpaired) electrons. The van der Waals surface area contributed by atoms with Gasteiger partial charge in [-0.15, -0.1) is 0 Å². The first-order chi connectivity index (χ1) is 16.7. The number of rotatable bonds is 5. The van der Waals surface area contributed by atoms with Crippen molar-refractivity contribution < 1.29 is 4.79 Å². The number of amides is 1. The number of hydrogen-bond acceptors (Lipinski definition) is 2. The average Bonchev–Trinajstić information content (AvgIpc) is 3.29. The molecular formula is C30H31N3O. The first kappa shape index (κ1) is 21.2. The highest BCUT2D eigenvalue weighted by Gasteiger charge is 2.38. The van der Waals surface area contributed by atoms with Crippen LogP contribution < -0.4 is 0 Å². The van der Waals surface area contributed by atoms with Crippen LogP contribution in [-0.4, -0.2) is 46.4 Å². The number of aromatic amines is 1. The van der Waals surface area contributed by atoms with E-state index in [0.29, 0.717) is 0 Å². The summed E-state index contributed by atoms with van der Waals surface area (Å²) in [4.78, 5) is 21.5. The number of nitrogens with zero attached hydrogens (tertiary/aromatic N) is 2. The summed E-state index contributed by atoms with van der Waals surface area (Å²) in [6, 6.07) is 22.0. The summed E-state index contributed by atoms with van der Waals surface area (Å²) in [5.41, 5.74) is 6.49. The van der Waals surface area contributed by atoms with E-state index in [0.717, 1.165) is 32.6 Å². The van der Waals surface area contributed by atoms with Crippen molar-refractivity contribution in [1.82, 2.24) is 14.8 Å². The molecule has 0 fully saturated rings. The van der Waals surface area contributed by atoms with Gasteiger partial charge in [0, 0.05) is 49.3 Å². The Labute approximate surface area is 200 Å². The van der Waals surface area contributed by atoms with Crippen molar-refractivity contribution in [3.63, 3.8) is 0 Å². The zero-order valence-electron chi connectivity index (χ0n) is 19.9. The summed E-state index contributed by atoms with van der Waals surface area (Å²) in [5, 5.41) is 3.89. The second kappa shape index (κ2) is 8.44. The highest BCUT2D eigenvalue weighted by Crippen LogP contribution is 2.42. The number of aromatic nitrogens is 1. The molecule has 4 aromatic rings. The molecular weight excluding hydrogens is 418 g/mol. The van der Waals surface area contributed by atoms with E-state index in [1.54, 1.807) is 0 Å². The fourth-order valence-electron chi connectivity index (χ4n) is 6.07. The van der Waals surface area contributed by atoms with Crippen LogP contribution in [0.4, 0.5) is 0 Å². The molecule has 2 heterocycles. The summed E-state index contributed by atoms with van der Waals surface area (Å²) in [5.74, 6) is 0.114. The fraction of sp³-hybridized carbons (Fsp3) is 0.300. The molecule has 0 spiro atoms. The molecule has 6 rings (SSSR count). The predicted molar refractivity (Wildman–Crippen MR) is 140 cm³/mol. The van der Waals surface area contributed by atoms with Crippen LogP contribution in [0.25, 0.3) is 27.2 Å². The Balaban J connectivity index is 1.45. The van der Waals surface area contributed by atoms with E-state index in [9.17, 15) is 4.79 Å². The molecule has 4 heteroatoms. The fourth-order valence-corrected chi connectivity index (χ4v) is 6.07. The van der Waals surface area contributed by atoms with Crippen LogP contribution in [0.2, 0.25) is 0 Å². The maximum Gasteiger partial charge on any atom is 0.230 e. The van der Waals surface area contributed by atoms with E-state index in [1.165, 1.54) is 43.9 Å². The van der Waals surface area contributed by atoms with Crippen molar-refractivity contribution >= 4 is 33.2 Å². The van der Waals surface area contributed by atoms with Crippen molar-refractivity contribution in [1.29, 1.82) is 0 Å². The first-order valence-electron chi connectivity index (χ1n) is 12.5. The van der Waals surface area contributed by atoms with Crippen molar-refractivity contribution in [3.05, 3.63) is 89.6 Å². The van der Waals surface area contributed by atoms with Crippen LogP contribution in [0, 0.1) is 5.92 Å². The maximum absolute atomic E-state index is 13.5. The molecule has 0 unspecified atom stereocenters. The molecule has 1 aromatic heterocycles. The number of benzene rings is 3. The van der Waals surface area contributed by atoms with E-state index in [2.05, 4.69) is 96.7 Å². The number of H-pyrrole nitrogens is 1. The van der Waals surface area contributed by atoms with E-state index < -0.39 is 0 Å². The number of fused-ring (bicyclic) bond motifs is 3. The largest absolute Gasteiger partial charge is 0.361 e. The van der Waals surface area contributed by atoms with Gasteiger partial charge in [0.25, 0.3) is 0 Å². The quantitative estimate of drug-likeness (QED) is 0.429. The molecule has 0 bridgehead atoms. The lowest BCUT2D eigenvalue weighted by atomic mass is 9.79. The Morgan fingerprint density at radius 3 is 2.68 bits per heavy atom. The Morgan fingerprint density at radius 1 is 1.03 bits per heavy atom.